The molecule has 0 aromatic rings. The lowest BCUT2D eigenvalue weighted by atomic mass is 10.0. The van der Waals surface area contributed by atoms with Crippen LogP contribution in [0.3, 0.4) is 0 Å². The largest absolute Gasteiger partial charge is 0.389 e. The minimum atomic E-state index is -0.378. The zero-order chi connectivity index (χ0) is 13.4. The summed E-state index contributed by atoms with van der Waals surface area (Å²) in [6, 6.07) is 0. The number of rotatable bonds is 11. The van der Waals surface area contributed by atoms with Crippen LogP contribution in [0.5, 0.6) is 0 Å². The van der Waals surface area contributed by atoms with Gasteiger partial charge in [0.2, 0.25) is 0 Å². The number of hydrogen-bond acceptors (Lipinski definition) is 4. The fourth-order valence-electron chi connectivity index (χ4n) is 2.04. The van der Waals surface area contributed by atoms with E-state index < -0.39 is 0 Å². The first-order valence-electron chi connectivity index (χ1n) is 7.17. The first kappa shape index (κ1) is 16.3. The number of hydrogen-bond donors (Lipinski definition) is 2. The van der Waals surface area contributed by atoms with Crippen LogP contribution in [-0.2, 0) is 4.74 Å². The van der Waals surface area contributed by atoms with E-state index in [0.717, 1.165) is 31.9 Å². The molecule has 1 aliphatic carbocycles. The predicted octanol–water partition coefficient (Wildman–Crippen LogP) is 2.29. The first-order valence-corrected chi connectivity index (χ1v) is 8.40. The van der Waals surface area contributed by atoms with Gasteiger partial charge < -0.3 is 15.2 Å². The van der Waals surface area contributed by atoms with E-state index in [-0.39, 0.29) is 6.10 Å². The molecule has 0 heterocycles. The van der Waals surface area contributed by atoms with E-state index in [2.05, 4.69) is 25.4 Å². The molecule has 0 bridgehead atoms. The maximum atomic E-state index is 9.80. The topological polar surface area (TPSA) is 41.5 Å². The Morgan fingerprint density at radius 3 is 2.56 bits per heavy atom. The van der Waals surface area contributed by atoms with Crippen LogP contribution in [0.25, 0.3) is 0 Å². The van der Waals surface area contributed by atoms with Crippen molar-refractivity contribution >= 4 is 11.8 Å². The van der Waals surface area contributed by atoms with Crippen LogP contribution >= 0.6 is 11.8 Å². The highest BCUT2D eigenvalue weighted by Crippen LogP contribution is 2.29. The number of aliphatic hydroxyl groups excluding tert-OH is 1. The normalized spacial score (nSPS) is 18.0. The highest BCUT2D eigenvalue weighted by Gasteiger charge is 2.24. The fraction of sp³-hybridized carbons (Fsp3) is 1.00. The van der Waals surface area contributed by atoms with Gasteiger partial charge in [0.25, 0.3) is 0 Å². The molecule has 2 N–H and O–H groups in total. The van der Waals surface area contributed by atoms with Gasteiger partial charge in [-0.25, -0.2) is 0 Å². The van der Waals surface area contributed by atoms with Crippen LogP contribution in [0.1, 0.15) is 39.5 Å². The summed E-state index contributed by atoms with van der Waals surface area (Å²) < 4.78 is 5.80. The second kappa shape index (κ2) is 8.41. The molecule has 0 amide bonds. The van der Waals surface area contributed by atoms with Crippen molar-refractivity contribution in [1.29, 1.82) is 0 Å². The van der Waals surface area contributed by atoms with Gasteiger partial charge in [0.05, 0.1) is 12.7 Å². The third-order valence-corrected chi connectivity index (χ3v) is 5.50. The van der Waals surface area contributed by atoms with Crippen molar-refractivity contribution in [2.75, 3.05) is 32.6 Å². The van der Waals surface area contributed by atoms with Crippen molar-refractivity contribution in [3.63, 3.8) is 0 Å². The number of ether oxygens (including phenoxy) is 1. The molecule has 1 fully saturated rings. The van der Waals surface area contributed by atoms with Crippen LogP contribution in [0.4, 0.5) is 0 Å². The summed E-state index contributed by atoms with van der Waals surface area (Å²) in [7, 11) is 0. The second-order valence-corrected chi connectivity index (χ2v) is 6.63. The van der Waals surface area contributed by atoms with Gasteiger partial charge in [0.15, 0.2) is 0 Å². The Bertz CT molecular complexity index is 210. The molecule has 0 saturated heterocycles. The quantitative estimate of drug-likeness (QED) is 0.607. The van der Waals surface area contributed by atoms with Gasteiger partial charge >= 0.3 is 0 Å². The third-order valence-electron chi connectivity index (χ3n) is 3.91. The minimum absolute atomic E-state index is 0.314. The van der Waals surface area contributed by atoms with Crippen LogP contribution in [0.15, 0.2) is 0 Å². The maximum absolute atomic E-state index is 9.80. The summed E-state index contributed by atoms with van der Waals surface area (Å²) >= 11 is 1.92. The van der Waals surface area contributed by atoms with Gasteiger partial charge in [-0.05, 0) is 37.9 Å². The summed E-state index contributed by atoms with van der Waals surface area (Å²) in [5.74, 6) is 0.773. The van der Waals surface area contributed by atoms with Crippen molar-refractivity contribution < 1.29 is 9.84 Å². The molecule has 3 nitrogen and oxygen atoms in total. The standard InChI is InChI=1S/C14H29NO2S/c1-4-14(5-2,18-3)11-15-8-13(16)10-17-9-12-6-7-12/h12-13,15-16H,4-11H2,1-3H3. The fourth-order valence-corrected chi connectivity index (χ4v) is 2.87. The average Bonchev–Trinajstić information content (AvgIpc) is 3.19. The lowest BCUT2D eigenvalue weighted by Gasteiger charge is -2.30. The predicted molar refractivity (Wildman–Crippen MR) is 79.2 cm³/mol. The molecule has 0 aromatic carbocycles. The molecule has 0 aromatic heterocycles. The molecule has 0 radical (unpaired) electrons. The molecule has 0 aliphatic heterocycles. The van der Waals surface area contributed by atoms with E-state index in [9.17, 15) is 5.11 Å². The summed E-state index contributed by atoms with van der Waals surface area (Å²) in [5, 5.41) is 13.2. The number of thioether (sulfide) groups is 1. The Morgan fingerprint density at radius 2 is 2.06 bits per heavy atom. The average molecular weight is 275 g/mol. The summed E-state index contributed by atoms with van der Waals surface area (Å²) in [6.45, 7) is 7.35. The lowest BCUT2D eigenvalue weighted by Crippen LogP contribution is -2.40. The molecule has 1 aliphatic rings. The van der Waals surface area contributed by atoms with Crippen molar-refractivity contribution in [3.05, 3.63) is 0 Å². The second-order valence-electron chi connectivity index (χ2n) is 5.36. The van der Waals surface area contributed by atoms with Crippen molar-refractivity contribution in [1.82, 2.24) is 5.32 Å². The van der Waals surface area contributed by atoms with Gasteiger partial charge in [-0.2, -0.15) is 11.8 Å². The van der Waals surface area contributed by atoms with Gasteiger partial charge in [0, 0.05) is 24.4 Å². The molecule has 1 atom stereocenters. The van der Waals surface area contributed by atoms with Crippen molar-refractivity contribution in [2.24, 2.45) is 5.92 Å². The third kappa shape index (κ3) is 5.91. The van der Waals surface area contributed by atoms with Gasteiger partial charge in [-0.3, -0.25) is 0 Å². The molecule has 1 rings (SSSR count). The highest BCUT2D eigenvalue weighted by atomic mass is 32.2. The zero-order valence-electron chi connectivity index (χ0n) is 12.1. The summed E-state index contributed by atoms with van der Waals surface area (Å²) in [5.41, 5.74) is 0. The number of nitrogens with one attached hydrogen (secondary N) is 1. The molecule has 1 saturated carbocycles. The smallest absolute Gasteiger partial charge is 0.0897 e. The summed E-state index contributed by atoms with van der Waals surface area (Å²) in [6.07, 6.45) is 6.72. The van der Waals surface area contributed by atoms with Crippen LogP contribution < -0.4 is 5.32 Å². The molecular weight excluding hydrogens is 246 g/mol. The van der Waals surface area contributed by atoms with E-state index in [1.165, 1.54) is 12.8 Å². The summed E-state index contributed by atoms with van der Waals surface area (Å²) in [4.78, 5) is 0. The minimum Gasteiger partial charge on any atom is -0.389 e. The van der Waals surface area contributed by atoms with E-state index in [4.69, 9.17) is 4.74 Å². The zero-order valence-corrected chi connectivity index (χ0v) is 12.9. The van der Waals surface area contributed by atoms with Crippen molar-refractivity contribution in [2.45, 2.75) is 50.4 Å². The number of aliphatic hydroxyl groups is 1. The van der Waals surface area contributed by atoms with Gasteiger partial charge in [-0.15, -0.1) is 0 Å². The molecule has 1 unspecified atom stereocenters. The first-order chi connectivity index (χ1) is 8.65. The maximum Gasteiger partial charge on any atom is 0.0897 e. The SMILES string of the molecule is CCC(CC)(CNCC(O)COCC1CC1)SC. The van der Waals surface area contributed by atoms with E-state index in [0.29, 0.717) is 17.9 Å². The molecule has 0 spiro atoms. The molecule has 18 heavy (non-hydrogen) atoms. The van der Waals surface area contributed by atoms with Crippen LogP contribution in [0.2, 0.25) is 0 Å². The van der Waals surface area contributed by atoms with Crippen molar-refractivity contribution in [3.8, 4) is 0 Å². The molecular formula is C14H29NO2S. The highest BCUT2D eigenvalue weighted by molar-refractivity contribution is 8.00. The van der Waals surface area contributed by atoms with Crippen LogP contribution in [0, 0.1) is 5.92 Å². The van der Waals surface area contributed by atoms with Gasteiger partial charge in [-0.1, -0.05) is 13.8 Å². The Labute approximate surface area is 116 Å². The monoisotopic (exact) mass is 275 g/mol. The molecule has 108 valence electrons. The van der Waals surface area contributed by atoms with E-state index >= 15 is 0 Å². The lowest BCUT2D eigenvalue weighted by molar-refractivity contribution is 0.0323. The molecule has 4 heteroatoms. The van der Waals surface area contributed by atoms with E-state index in [1.807, 2.05) is 11.8 Å². The Hall–Kier alpha value is 0.230. The van der Waals surface area contributed by atoms with Gasteiger partial charge in [0.1, 0.15) is 0 Å². The van der Waals surface area contributed by atoms with Crippen LogP contribution in [-0.4, -0.2) is 48.5 Å². The van der Waals surface area contributed by atoms with E-state index in [1.54, 1.807) is 0 Å². The Morgan fingerprint density at radius 1 is 1.39 bits per heavy atom. The Kier molecular flexibility index (Phi) is 7.61. The Balaban J connectivity index is 2.06.